The van der Waals surface area contributed by atoms with Gasteiger partial charge in [0.2, 0.25) is 0 Å². The van der Waals surface area contributed by atoms with Crippen LogP contribution in [-0.2, 0) is 4.74 Å². The van der Waals surface area contributed by atoms with Gasteiger partial charge < -0.3 is 10.5 Å². The van der Waals surface area contributed by atoms with Crippen LogP contribution >= 0.6 is 23.2 Å². The summed E-state index contributed by atoms with van der Waals surface area (Å²) >= 11 is 11.8. The second-order valence-electron chi connectivity index (χ2n) is 3.18. The molecule has 0 aliphatic carbocycles. The maximum Gasteiger partial charge on any atom is 0.0983 e. The van der Waals surface area contributed by atoms with E-state index < -0.39 is 0 Å². The van der Waals surface area contributed by atoms with Gasteiger partial charge in [-0.2, -0.15) is 0 Å². The van der Waals surface area contributed by atoms with Crippen molar-refractivity contribution in [3.8, 4) is 0 Å². The summed E-state index contributed by atoms with van der Waals surface area (Å²) in [5.41, 5.74) is 6.64. The summed E-state index contributed by atoms with van der Waals surface area (Å²) in [5, 5.41) is 1.19. The number of hydrogen-bond donors (Lipinski definition) is 1. The van der Waals surface area contributed by atoms with E-state index >= 15 is 0 Å². The molecule has 0 radical (unpaired) electrons. The maximum absolute atomic E-state index is 6.03. The van der Waals surface area contributed by atoms with Crippen LogP contribution in [0.4, 0.5) is 0 Å². The number of nitrogens with two attached hydrogens (primary N) is 1. The minimum absolute atomic E-state index is 0.112. The van der Waals surface area contributed by atoms with Gasteiger partial charge >= 0.3 is 0 Å². The molecule has 0 aromatic heterocycles. The fourth-order valence-electron chi connectivity index (χ4n) is 1.36. The second kappa shape index (κ2) is 4.99. The average Bonchev–Trinajstić information content (AvgIpc) is 2.09. The summed E-state index contributed by atoms with van der Waals surface area (Å²) in [6.07, 6.45) is -0.195. The normalized spacial score (nSPS) is 15.2. The van der Waals surface area contributed by atoms with E-state index in [1.165, 1.54) is 0 Å². The van der Waals surface area contributed by atoms with E-state index in [0.717, 1.165) is 5.56 Å². The van der Waals surface area contributed by atoms with E-state index in [2.05, 4.69) is 0 Å². The molecule has 0 heterocycles. The van der Waals surface area contributed by atoms with Crippen molar-refractivity contribution in [2.24, 2.45) is 5.73 Å². The van der Waals surface area contributed by atoms with Crippen LogP contribution in [-0.4, -0.2) is 13.2 Å². The van der Waals surface area contributed by atoms with Gasteiger partial charge in [-0.15, -0.1) is 0 Å². The maximum atomic E-state index is 6.03. The Morgan fingerprint density at radius 1 is 1.36 bits per heavy atom. The predicted octanol–water partition coefficient (Wildman–Crippen LogP) is 3.03. The molecule has 1 aromatic carbocycles. The molecule has 78 valence electrons. The fraction of sp³-hybridized carbons (Fsp3) is 0.400. The van der Waals surface area contributed by atoms with Crippen molar-refractivity contribution in [3.05, 3.63) is 33.8 Å². The van der Waals surface area contributed by atoms with Gasteiger partial charge in [0.1, 0.15) is 0 Å². The zero-order valence-corrected chi connectivity index (χ0v) is 9.64. The minimum atomic E-state index is -0.195. The molecule has 1 rings (SSSR count). The molecule has 2 N–H and O–H groups in total. The summed E-state index contributed by atoms with van der Waals surface area (Å²) in [4.78, 5) is 0. The summed E-state index contributed by atoms with van der Waals surface area (Å²) < 4.78 is 5.27. The monoisotopic (exact) mass is 233 g/mol. The third-order valence-electron chi connectivity index (χ3n) is 2.00. The summed E-state index contributed by atoms with van der Waals surface area (Å²) in [6, 6.07) is 5.19. The van der Waals surface area contributed by atoms with E-state index in [9.17, 15) is 0 Å². The van der Waals surface area contributed by atoms with E-state index in [4.69, 9.17) is 33.7 Å². The number of methoxy groups -OCH3 is 1. The lowest BCUT2D eigenvalue weighted by molar-refractivity contribution is 0.0854. The zero-order chi connectivity index (χ0) is 10.7. The van der Waals surface area contributed by atoms with Gasteiger partial charge in [0.25, 0.3) is 0 Å². The molecule has 0 aliphatic rings. The van der Waals surface area contributed by atoms with Crippen molar-refractivity contribution < 1.29 is 4.74 Å². The van der Waals surface area contributed by atoms with Crippen LogP contribution in [0.15, 0.2) is 18.2 Å². The van der Waals surface area contributed by atoms with Crippen LogP contribution in [0.3, 0.4) is 0 Å². The predicted molar refractivity (Wildman–Crippen MR) is 59.9 cm³/mol. The highest BCUT2D eigenvalue weighted by Gasteiger charge is 2.18. The first-order chi connectivity index (χ1) is 6.56. The molecule has 4 heteroatoms. The van der Waals surface area contributed by atoms with Crippen molar-refractivity contribution in [3.63, 3.8) is 0 Å². The van der Waals surface area contributed by atoms with Crippen molar-refractivity contribution in [1.29, 1.82) is 0 Å². The highest BCUT2D eigenvalue weighted by molar-refractivity contribution is 6.35. The number of rotatable bonds is 3. The van der Waals surface area contributed by atoms with Gasteiger partial charge in [-0.25, -0.2) is 0 Å². The lowest BCUT2D eigenvalue weighted by Gasteiger charge is -2.20. The van der Waals surface area contributed by atoms with Crippen LogP contribution in [0, 0.1) is 0 Å². The Morgan fingerprint density at radius 2 is 2.00 bits per heavy atom. The van der Waals surface area contributed by atoms with E-state index in [-0.39, 0.29) is 12.1 Å². The standard InChI is InChI=1S/C10H13Cl2NO/c1-6(13)10(14-2)8-4-3-7(11)5-9(8)12/h3-6,10H,13H2,1-2H3/t6-,10-/m1/s1. The lowest BCUT2D eigenvalue weighted by Crippen LogP contribution is -2.26. The van der Waals surface area contributed by atoms with Crippen molar-refractivity contribution in [2.75, 3.05) is 7.11 Å². The third kappa shape index (κ3) is 2.61. The van der Waals surface area contributed by atoms with Crippen LogP contribution in [0.2, 0.25) is 10.0 Å². The highest BCUT2D eigenvalue weighted by atomic mass is 35.5. The molecular formula is C10H13Cl2NO. The van der Waals surface area contributed by atoms with Gasteiger partial charge in [0, 0.05) is 28.8 Å². The highest BCUT2D eigenvalue weighted by Crippen LogP contribution is 2.29. The summed E-state index contributed by atoms with van der Waals surface area (Å²) in [6.45, 7) is 1.87. The Balaban J connectivity index is 3.04. The smallest absolute Gasteiger partial charge is 0.0983 e. The minimum Gasteiger partial charge on any atom is -0.375 e. The molecule has 0 fully saturated rings. The summed E-state index contributed by atoms with van der Waals surface area (Å²) in [5.74, 6) is 0. The molecule has 14 heavy (non-hydrogen) atoms. The lowest BCUT2D eigenvalue weighted by atomic mass is 10.0. The Kier molecular flexibility index (Phi) is 4.20. The zero-order valence-electron chi connectivity index (χ0n) is 8.13. The molecule has 0 aliphatic heterocycles. The SMILES string of the molecule is CO[C@@H](c1ccc(Cl)cc1Cl)[C@@H](C)N. The molecule has 0 spiro atoms. The molecule has 2 nitrogen and oxygen atoms in total. The van der Waals surface area contributed by atoms with Gasteiger partial charge in [-0.05, 0) is 19.1 Å². The second-order valence-corrected chi connectivity index (χ2v) is 4.02. The molecule has 0 saturated heterocycles. The first kappa shape index (κ1) is 11.8. The van der Waals surface area contributed by atoms with E-state index in [1.54, 1.807) is 19.2 Å². The quantitative estimate of drug-likeness (QED) is 0.872. The van der Waals surface area contributed by atoms with Crippen LogP contribution in [0.1, 0.15) is 18.6 Å². The summed E-state index contributed by atoms with van der Waals surface area (Å²) in [7, 11) is 1.61. The largest absolute Gasteiger partial charge is 0.375 e. The third-order valence-corrected chi connectivity index (χ3v) is 2.56. The number of ether oxygens (including phenoxy) is 1. The number of benzene rings is 1. The fourth-order valence-corrected chi connectivity index (χ4v) is 1.87. The number of halogens is 2. The topological polar surface area (TPSA) is 35.2 Å². The molecular weight excluding hydrogens is 221 g/mol. The molecule has 0 amide bonds. The Labute approximate surface area is 94.0 Å². The molecule has 2 atom stereocenters. The first-order valence-electron chi connectivity index (χ1n) is 4.29. The Hall–Kier alpha value is -0.280. The van der Waals surface area contributed by atoms with Crippen LogP contribution < -0.4 is 5.73 Å². The Morgan fingerprint density at radius 3 is 2.43 bits per heavy atom. The van der Waals surface area contributed by atoms with Crippen LogP contribution in [0.5, 0.6) is 0 Å². The molecule has 0 unspecified atom stereocenters. The number of hydrogen-bond acceptors (Lipinski definition) is 2. The van der Waals surface area contributed by atoms with E-state index in [0.29, 0.717) is 10.0 Å². The van der Waals surface area contributed by atoms with Crippen molar-refractivity contribution in [2.45, 2.75) is 19.1 Å². The average molecular weight is 234 g/mol. The van der Waals surface area contributed by atoms with Gasteiger partial charge in [0.05, 0.1) is 6.10 Å². The first-order valence-corrected chi connectivity index (χ1v) is 5.05. The van der Waals surface area contributed by atoms with Crippen molar-refractivity contribution in [1.82, 2.24) is 0 Å². The Bertz CT molecular complexity index is 315. The molecule has 0 saturated carbocycles. The van der Waals surface area contributed by atoms with Gasteiger partial charge in [0.15, 0.2) is 0 Å². The van der Waals surface area contributed by atoms with Gasteiger partial charge in [-0.3, -0.25) is 0 Å². The van der Waals surface area contributed by atoms with Crippen LogP contribution in [0.25, 0.3) is 0 Å². The van der Waals surface area contributed by atoms with Gasteiger partial charge in [-0.1, -0.05) is 29.3 Å². The molecule has 1 aromatic rings. The van der Waals surface area contributed by atoms with Crippen molar-refractivity contribution >= 4 is 23.2 Å². The molecule has 0 bridgehead atoms. The van der Waals surface area contributed by atoms with E-state index in [1.807, 2.05) is 13.0 Å².